The summed E-state index contributed by atoms with van der Waals surface area (Å²) in [5.74, 6) is -3.18. The zero-order valence-corrected chi connectivity index (χ0v) is 16.1. The van der Waals surface area contributed by atoms with Gasteiger partial charge in [-0.3, -0.25) is 14.4 Å². The number of anilines is 1. The molecule has 1 aromatic carbocycles. The number of nitrogens with two attached hydrogens (primary N) is 1. The van der Waals surface area contributed by atoms with Crippen molar-refractivity contribution in [2.24, 2.45) is 10.9 Å². The molecule has 148 valence electrons. The van der Waals surface area contributed by atoms with Gasteiger partial charge in [0.1, 0.15) is 11.4 Å². The minimum atomic E-state index is -1.10. The van der Waals surface area contributed by atoms with Gasteiger partial charge in [-0.1, -0.05) is 23.5 Å². The number of nitrogen functional groups attached to an aromatic ring is 1. The maximum absolute atomic E-state index is 12.4. The molecule has 0 aliphatic carbocycles. The predicted molar refractivity (Wildman–Crippen MR) is 109 cm³/mol. The molecule has 0 radical (unpaired) electrons. The van der Waals surface area contributed by atoms with Gasteiger partial charge >= 0.3 is 5.97 Å². The highest BCUT2D eigenvalue weighted by Crippen LogP contribution is 2.24. The quantitative estimate of drug-likeness (QED) is 0.526. The van der Waals surface area contributed by atoms with Crippen LogP contribution in [-0.4, -0.2) is 39.1 Å². The largest absolute Gasteiger partial charge is 0.481 e. The second-order valence-corrected chi connectivity index (χ2v) is 7.22. The van der Waals surface area contributed by atoms with E-state index < -0.39 is 23.7 Å². The van der Waals surface area contributed by atoms with Crippen LogP contribution in [0.25, 0.3) is 10.2 Å². The maximum Gasteiger partial charge on any atom is 0.311 e. The van der Waals surface area contributed by atoms with Crippen molar-refractivity contribution in [3.05, 3.63) is 53.3 Å². The van der Waals surface area contributed by atoms with Crippen LogP contribution < -0.4 is 11.1 Å². The number of carbonyl (C=O) groups is 3. The Morgan fingerprint density at radius 1 is 1.24 bits per heavy atom. The van der Waals surface area contributed by atoms with Crippen molar-refractivity contribution in [2.75, 3.05) is 5.73 Å². The molecule has 0 aliphatic heterocycles. The van der Waals surface area contributed by atoms with Gasteiger partial charge in [0.2, 0.25) is 0 Å². The van der Waals surface area contributed by atoms with Crippen LogP contribution in [0.1, 0.15) is 33.5 Å². The van der Waals surface area contributed by atoms with E-state index in [-0.39, 0.29) is 17.9 Å². The molecule has 3 aromatic rings. The van der Waals surface area contributed by atoms with Crippen molar-refractivity contribution in [2.45, 2.75) is 13.5 Å². The predicted octanol–water partition coefficient (Wildman–Crippen LogP) is 2.14. The molecule has 2 heterocycles. The number of amides is 2. The lowest BCUT2D eigenvalue weighted by Crippen LogP contribution is -2.24. The summed E-state index contributed by atoms with van der Waals surface area (Å²) in [7, 11) is 0. The van der Waals surface area contributed by atoms with Crippen LogP contribution in [0, 0.1) is 5.92 Å². The Bertz CT molecular complexity index is 1120. The molecule has 4 N–H and O–H groups in total. The van der Waals surface area contributed by atoms with Crippen LogP contribution in [0.15, 0.2) is 41.4 Å². The molecule has 0 saturated heterocycles. The van der Waals surface area contributed by atoms with Crippen molar-refractivity contribution in [3.63, 3.8) is 0 Å². The normalized spacial score (nSPS) is 12.2. The average molecular weight is 411 g/mol. The number of carboxylic acids is 1. The summed E-state index contributed by atoms with van der Waals surface area (Å²) in [6.45, 7) is 1.66. The molecule has 3 rings (SSSR count). The van der Waals surface area contributed by atoms with Gasteiger partial charge in [0.15, 0.2) is 5.13 Å². The fourth-order valence-electron chi connectivity index (χ4n) is 2.36. The Hall–Kier alpha value is -3.66. The van der Waals surface area contributed by atoms with Crippen LogP contribution in [0.5, 0.6) is 0 Å². The monoisotopic (exact) mass is 411 g/mol. The number of hydrogen-bond acceptors (Lipinski definition) is 7. The molecule has 0 spiro atoms. The van der Waals surface area contributed by atoms with E-state index in [0.717, 1.165) is 22.0 Å². The smallest absolute Gasteiger partial charge is 0.311 e. The molecule has 2 aromatic heterocycles. The molecule has 0 aliphatic rings. The number of hydrogen-bond donors (Lipinski definition) is 3. The number of nitrogens with one attached hydrogen (secondary N) is 1. The molecule has 10 heteroatoms. The molecule has 2 amide bonds. The summed E-state index contributed by atoms with van der Waals surface area (Å²) in [6.07, 6.45) is 1.03. The number of aliphatic carboxylic acids is 1. The summed E-state index contributed by atoms with van der Waals surface area (Å²) >= 11 is 1.36. The van der Waals surface area contributed by atoms with Crippen LogP contribution in [0.2, 0.25) is 0 Å². The molecule has 1 atom stereocenters. The molecular formula is C19H17N5O4S. The molecular weight excluding hydrogens is 394 g/mol. The molecule has 0 bridgehead atoms. The summed E-state index contributed by atoms with van der Waals surface area (Å²) in [5.41, 5.74) is 7.37. The van der Waals surface area contributed by atoms with Crippen molar-refractivity contribution in [3.8, 4) is 0 Å². The number of benzene rings is 1. The first-order valence-corrected chi connectivity index (χ1v) is 9.36. The lowest BCUT2D eigenvalue weighted by atomic mass is 10.2. The fraction of sp³-hybridized carbons (Fsp3) is 0.158. The number of carboxylic acid groups (broad SMARTS) is 1. The summed E-state index contributed by atoms with van der Waals surface area (Å²) in [4.78, 5) is 47.0. The van der Waals surface area contributed by atoms with E-state index >= 15 is 0 Å². The van der Waals surface area contributed by atoms with Crippen LogP contribution in [0.4, 0.5) is 5.13 Å². The van der Waals surface area contributed by atoms with Gasteiger partial charge in [0.05, 0.1) is 16.1 Å². The van der Waals surface area contributed by atoms with Crippen molar-refractivity contribution < 1.29 is 19.5 Å². The number of rotatable bonds is 6. The number of aliphatic imine (C=N–C) groups is 1. The van der Waals surface area contributed by atoms with Crippen LogP contribution in [-0.2, 0) is 11.3 Å². The van der Waals surface area contributed by atoms with E-state index in [1.165, 1.54) is 36.5 Å². The van der Waals surface area contributed by atoms with Crippen LogP contribution >= 0.6 is 11.3 Å². The van der Waals surface area contributed by atoms with Gasteiger partial charge in [-0.15, -0.1) is 0 Å². The molecule has 0 fully saturated rings. The summed E-state index contributed by atoms with van der Waals surface area (Å²) in [6, 6.07) is 9.96. The number of nitrogens with zero attached hydrogens (tertiary/aromatic N) is 3. The second kappa shape index (κ2) is 8.57. The van der Waals surface area contributed by atoms with Gasteiger partial charge in [0.25, 0.3) is 11.8 Å². The first-order chi connectivity index (χ1) is 13.8. The third kappa shape index (κ3) is 4.99. The highest BCUT2D eigenvalue weighted by molar-refractivity contribution is 7.22. The third-order valence-corrected chi connectivity index (χ3v) is 4.78. The topological polar surface area (TPSA) is 148 Å². The van der Waals surface area contributed by atoms with E-state index in [9.17, 15) is 14.4 Å². The van der Waals surface area contributed by atoms with Gasteiger partial charge in [0, 0.05) is 12.8 Å². The number of thiazole rings is 1. The Morgan fingerprint density at radius 3 is 2.76 bits per heavy atom. The first kappa shape index (κ1) is 20.1. The Kier molecular flexibility index (Phi) is 5.93. The number of pyridine rings is 1. The maximum atomic E-state index is 12.4. The fourth-order valence-corrected chi connectivity index (χ4v) is 3.16. The van der Waals surface area contributed by atoms with E-state index in [4.69, 9.17) is 10.8 Å². The molecule has 9 nitrogen and oxygen atoms in total. The summed E-state index contributed by atoms with van der Waals surface area (Å²) < 4.78 is 0.924. The average Bonchev–Trinajstić information content (AvgIpc) is 3.09. The third-order valence-electron chi connectivity index (χ3n) is 3.93. The SMILES string of the molecule is CC(C=NC(=O)c1cccc(C(=O)NCc2ccc3nc(N)sc3c2)n1)C(=O)O. The van der Waals surface area contributed by atoms with Crippen molar-refractivity contribution in [1.29, 1.82) is 0 Å². The zero-order chi connectivity index (χ0) is 21.0. The molecule has 1 unspecified atom stereocenters. The minimum Gasteiger partial charge on any atom is -0.481 e. The van der Waals surface area contributed by atoms with Crippen molar-refractivity contribution in [1.82, 2.24) is 15.3 Å². The van der Waals surface area contributed by atoms with Gasteiger partial charge in [-0.2, -0.15) is 0 Å². The zero-order valence-electron chi connectivity index (χ0n) is 15.3. The van der Waals surface area contributed by atoms with Gasteiger partial charge in [-0.05, 0) is 36.8 Å². The Balaban J connectivity index is 1.66. The summed E-state index contributed by atoms with van der Waals surface area (Å²) in [5, 5.41) is 12.0. The lowest BCUT2D eigenvalue weighted by molar-refractivity contribution is -0.138. The minimum absolute atomic E-state index is 0.0481. The second-order valence-electron chi connectivity index (χ2n) is 6.16. The Morgan fingerprint density at radius 2 is 2.00 bits per heavy atom. The van der Waals surface area contributed by atoms with E-state index in [0.29, 0.717) is 5.13 Å². The highest BCUT2D eigenvalue weighted by Gasteiger charge is 2.13. The number of carbonyl (C=O) groups excluding carboxylic acids is 2. The lowest BCUT2D eigenvalue weighted by Gasteiger charge is -2.06. The highest BCUT2D eigenvalue weighted by atomic mass is 32.1. The standard InChI is InChI=1S/C19H17N5O4S/c1-10(18(27)28)8-21-16(25)13-3-2-4-14(23-13)17(26)22-9-11-5-6-12-15(7-11)29-19(20)24-12/h2-8,10H,9H2,1H3,(H2,20,24)(H,22,26)(H,27,28). The first-order valence-electron chi connectivity index (χ1n) is 8.55. The van der Waals surface area contributed by atoms with Crippen LogP contribution in [0.3, 0.4) is 0 Å². The van der Waals surface area contributed by atoms with Crippen molar-refractivity contribution >= 4 is 50.7 Å². The van der Waals surface area contributed by atoms with E-state index in [2.05, 4.69) is 20.3 Å². The molecule has 29 heavy (non-hydrogen) atoms. The van der Waals surface area contributed by atoms with E-state index in [1.54, 1.807) is 0 Å². The number of aromatic nitrogens is 2. The van der Waals surface area contributed by atoms with Gasteiger partial charge < -0.3 is 16.2 Å². The number of fused-ring (bicyclic) bond motifs is 1. The van der Waals surface area contributed by atoms with Gasteiger partial charge in [-0.25, -0.2) is 15.0 Å². The van der Waals surface area contributed by atoms with E-state index in [1.807, 2.05) is 18.2 Å². The molecule has 0 saturated carbocycles. The Labute approximate surface area is 169 Å².